The highest BCUT2D eigenvalue weighted by Gasteiger charge is 2.13. The number of hydrogen-bond donors (Lipinski definition) is 2. The highest BCUT2D eigenvalue weighted by atomic mass is 16.1. The maximum Gasteiger partial charge on any atom is 0.253 e. The molecule has 0 aliphatic rings. The van der Waals surface area contributed by atoms with E-state index in [1.54, 1.807) is 0 Å². The largest absolute Gasteiger partial charge is 0.384 e. The van der Waals surface area contributed by atoms with Crippen LogP contribution in [0.5, 0.6) is 0 Å². The zero-order valence-corrected chi connectivity index (χ0v) is 13.5. The minimum absolute atomic E-state index is 0.00727. The second-order valence-corrected chi connectivity index (χ2v) is 6.54. The van der Waals surface area contributed by atoms with Crippen LogP contribution in [-0.2, 0) is 0 Å². The van der Waals surface area contributed by atoms with Gasteiger partial charge in [-0.25, -0.2) is 0 Å². The van der Waals surface area contributed by atoms with Gasteiger partial charge in [0.2, 0.25) is 0 Å². The molecule has 1 aromatic carbocycles. The standard InChI is InChI=1S/C17H28N2O/c1-6-10-18-15-12-13(2)7-8-14(15)16(20)19-11-9-17(3,4)5/h7-8,12,18H,6,9-11H2,1-5H3,(H,19,20). The normalized spacial score (nSPS) is 11.2. The molecule has 0 aliphatic carbocycles. The summed E-state index contributed by atoms with van der Waals surface area (Å²) in [4.78, 5) is 12.3. The molecule has 1 amide bonds. The Hall–Kier alpha value is -1.51. The van der Waals surface area contributed by atoms with Crippen LogP contribution in [0.25, 0.3) is 0 Å². The molecule has 0 unspecified atom stereocenters. The number of aryl methyl sites for hydroxylation is 1. The molecule has 0 bridgehead atoms. The number of amides is 1. The first-order valence-electron chi connectivity index (χ1n) is 7.46. The lowest BCUT2D eigenvalue weighted by molar-refractivity contribution is 0.0950. The fourth-order valence-corrected chi connectivity index (χ4v) is 1.91. The highest BCUT2D eigenvalue weighted by molar-refractivity contribution is 5.99. The molecule has 0 spiro atoms. The van der Waals surface area contributed by atoms with E-state index in [4.69, 9.17) is 0 Å². The van der Waals surface area contributed by atoms with Crippen LogP contribution in [0.4, 0.5) is 5.69 Å². The van der Waals surface area contributed by atoms with Gasteiger partial charge in [0.1, 0.15) is 0 Å². The van der Waals surface area contributed by atoms with Crippen molar-refractivity contribution in [3.63, 3.8) is 0 Å². The van der Waals surface area contributed by atoms with Gasteiger partial charge in [0.15, 0.2) is 0 Å². The van der Waals surface area contributed by atoms with E-state index in [2.05, 4.69) is 38.3 Å². The lowest BCUT2D eigenvalue weighted by Gasteiger charge is -2.18. The topological polar surface area (TPSA) is 41.1 Å². The van der Waals surface area contributed by atoms with Crippen molar-refractivity contribution in [2.24, 2.45) is 5.41 Å². The van der Waals surface area contributed by atoms with Crippen molar-refractivity contribution in [1.82, 2.24) is 5.32 Å². The molecular weight excluding hydrogens is 248 g/mol. The van der Waals surface area contributed by atoms with Gasteiger partial charge in [0, 0.05) is 18.8 Å². The van der Waals surface area contributed by atoms with Gasteiger partial charge in [-0.3, -0.25) is 4.79 Å². The van der Waals surface area contributed by atoms with E-state index < -0.39 is 0 Å². The first-order chi connectivity index (χ1) is 9.33. The summed E-state index contributed by atoms with van der Waals surface area (Å²) in [5.74, 6) is 0.00727. The molecule has 112 valence electrons. The smallest absolute Gasteiger partial charge is 0.253 e. The summed E-state index contributed by atoms with van der Waals surface area (Å²) in [7, 11) is 0. The monoisotopic (exact) mass is 276 g/mol. The molecule has 0 radical (unpaired) electrons. The van der Waals surface area contributed by atoms with E-state index in [0.29, 0.717) is 6.54 Å². The van der Waals surface area contributed by atoms with E-state index in [1.165, 1.54) is 0 Å². The zero-order valence-electron chi connectivity index (χ0n) is 13.5. The molecule has 1 aromatic rings. The second-order valence-electron chi connectivity index (χ2n) is 6.54. The Morgan fingerprint density at radius 3 is 2.50 bits per heavy atom. The third-order valence-electron chi connectivity index (χ3n) is 3.15. The fraction of sp³-hybridized carbons (Fsp3) is 0.588. The van der Waals surface area contributed by atoms with Gasteiger partial charge in [-0.15, -0.1) is 0 Å². The Morgan fingerprint density at radius 1 is 1.20 bits per heavy atom. The van der Waals surface area contributed by atoms with Gasteiger partial charge in [-0.05, 0) is 42.9 Å². The number of carbonyl (C=O) groups is 1. The average molecular weight is 276 g/mol. The van der Waals surface area contributed by atoms with Crippen LogP contribution >= 0.6 is 0 Å². The van der Waals surface area contributed by atoms with Crippen molar-refractivity contribution < 1.29 is 4.79 Å². The van der Waals surface area contributed by atoms with Crippen molar-refractivity contribution in [3.05, 3.63) is 29.3 Å². The molecular formula is C17H28N2O. The zero-order chi connectivity index (χ0) is 15.2. The van der Waals surface area contributed by atoms with E-state index in [9.17, 15) is 4.79 Å². The van der Waals surface area contributed by atoms with Crippen LogP contribution in [0.3, 0.4) is 0 Å². The number of carbonyl (C=O) groups excluding carboxylic acids is 1. The van der Waals surface area contributed by atoms with Crippen molar-refractivity contribution >= 4 is 11.6 Å². The van der Waals surface area contributed by atoms with E-state index in [-0.39, 0.29) is 11.3 Å². The summed E-state index contributed by atoms with van der Waals surface area (Å²) in [6, 6.07) is 5.92. The number of anilines is 1. The molecule has 3 nitrogen and oxygen atoms in total. The third-order valence-corrected chi connectivity index (χ3v) is 3.15. The number of hydrogen-bond acceptors (Lipinski definition) is 2. The maximum atomic E-state index is 12.3. The SMILES string of the molecule is CCCNc1cc(C)ccc1C(=O)NCCC(C)(C)C. The minimum Gasteiger partial charge on any atom is -0.384 e. The summed E-state index contributed by atoms with van der Waals surface area (Å²) in [6.45, 7) is 12.3. The van der Waals surface area contributed by atoms with Crippen LogP contribution in [0.1, 0.15) is 56.5 Å². The molecule has 2 N–H and O–H groups in total. The number of nitrogens with one attached hydrogen (secondary N) is 2. The number of rotatable bonds is 6. The van der Waals surface area contributed by atoms with Crippen molar-refractivity contribution in [2.45, 2.75) is 47.5 Å². The lowest BCUT2D eigenvalue weighted by atomic mass is 9.92. The lowest BCUT2D eigenvalue weighted by Crippen LogP contribution is -2.28. The van der Waals surface area contributed by atoms with Crippen LogP contribution in [0.2, 0.25) is 0 Å². The Labute approximate surface area is 123 Å². The summed E-state index contributed by atoms with van der Waals surface area (Å²) < 4.78 is 0. The van der Waals surface area contributed by atoms with Gasteiger partial charge in [-0.2, -0.15) is 0 Å². The predicted molar refractivity (Wildman–Crippen MR) is 86.4 cm³/mol. The molecule has 0 saturated carbocycles. The molecule has 0 aromatic heterocycles. The summed E-state index contributed by atoms with van der Waals surface area (Å²) in [6.07, 6.45) is 2.02. The predicted octanol–water partition coefficient (Wildman–Crippen LogP) is 3.98. The van der Waals surface area contributed by atoms with E-state index in [0.717, 1.165) is 36.2 Å². The Bertz CT molecular complexity index is 447. The maximum absolute atomic E-state index is 12.3. The van der Waals surface area contributed by atoms with Gasteiger partial charge in [0.25, 0.3) is 5.91 Å². The van der Waals surface area contributed by atoms with Crippen LogP contribution in [0.15, 0.2) is 18.2 Å². The molecule has 0 atom stereocenters. The van der Waals surface area contributed by atoms with Gasteiger partial charge < -0.3 is 10.6 Å². The Morgan fingerprint density at radius 2 is 1.90 bits per heavy atom. The van der Waals surface area contributed by atoms with Crippen molar-refractivity contribution in [1.29, 1.82) is 0 Å². The summed E-state index contributed by atoms with van der Waals surface area (Å²) in [5, 5.41) is 6.34. The van der Waals surface area contributed by atoms with Gasteiger partial charge >= 0.3 is 0 Å². The average Bonchev–Trinajstić information content (AvgIpc) is 2.34. The molecule has 1 rings (SSSR count). The first kappa shape index (κ1) is 16.5. The van der Waals surface area contributed by atoms with Crippen LogP contribution < -0.4 is 10.6 Å². The quantitative estimate of drug-likeness (QED) is 0.825. The summed E-state index contributed by atoms with van der Waals surface area (Å²) in [5.41, 5.74) is 3.07. The molecule has 0 saturated heterocycles. The van der Waals surface area contributed by atoms with E-state index >= 15 is 0 Å². The minimum atomic E-state index is 0.00727. The molecule has 3 heteroatoms. The number of benzene rings is 1. The fourth-order valence-electron chi connectivity index (χ4n) is 1.91. The van der Waals surface area contributed by atoms with Crippen molar-refractivity contribution in [3.8, 4) is 0 Å². The second kappa shape index (κ2) is 7.32. The van der Waals surface area contributed by atoms with Gasteiger partial charge in [0.05, 0.1) is 5.56 Å². The Kier molecular flexibility index (Phi) is 6.05. The van der Waals surface area contributed by atoms with E-state index in [1.807, 2.05) is 25.1 Å². The highest BCUT2D eigenvalue weighted by Crippen LogP contribution is 2.19. The van der Waals surface area contributed by atoms with Crippen molar-refractivity contribution in [2.75, 3.05) is 18.4 Å². The summed E-state index contributed by atoms with van der Waals surface area (Å²) >= 11 is 0. The van der Waals surface area contributed by atoms with Gasteiger partial charge in [-0.1, -0.05) is 33.8 Å². The van der Waals surface area contributed by atoms with Crippen LogP contribution in [0, 0.1) is 12.3 Å². The molecule has 20 heavy (non-hydrogen) atoms. The third kappa shape index (κ3) is 5.64. The molecule has 0 aliphatic heterocycles. The van der Waals surface area contributed by atoms with Crippen LogP contribution in [-0.4, -0.2) is 19.0 Å². The first-order valence-corrected chi connectivity index (χ1v) is 7.46. The molecule has 0 heterocycles. The Balaban J connectivity index is 2.71. The molecule has 0 fully saturated rings.